The first-order valence-electron chi connectivity index (χ1n) is 27.7. The van der Waals surface area contributed by atoms with Crippen molar-refractivity contribution < 1.29 is 58.3 Å². The molecule has 0 amide bonds. The molecule has 1 aliphatic carbocycles. The number of ether oxygens (including phenoxy) is 2. The zero-order chi connectivity index (χ0) is 52.6. The van der Waals surface area contributed by atoms with Gasteiger partial charge in [0.15, 0.2) is 0 Å². The van der Waals surface area contributed by atoms with Crippen molar-refractivity contribution in [1.82, 2.24) is 0 Å². The number of aliphatic hydroxyl groups is 5. The molecule has 0 aromatic rings. The third-order valence-corrected chi connectivity index (χ3v) is 13.1. The highest BCUT2D eigenvalue weighted by molar-refractivity contribution is 7.47. The number of rotatable bonds is 46. The molecule has 12 nitrogen and oxygen atoms in total. The zero-order valence-electron chi connectivity index (χ0n) is 44.4. The van der Waals surface area contributed by atoms with Crippen LogP contribution in [-0.2, 0) is 27.9 Å². The maximum Gasteiger partial charge on any atom is 0.472 e. The molecule has 0 aromatic heterocycles. The van der Waals surface area contributed by atoms with Gasteiger partial charge in [-0.15, -0.1) is 0 Å². The molecule has 0 aliphatic heterocycles. The summed E-state index contributed by atoms with van der Waals surface area (Å²) in [6.45, 7) is 4.09. The average Bonchev–Trinajstić information content (AvgIpc) is 3.37. The Labute approximate surface area is 436 Å². The quantitative estimate of drug-likeness (QED) is 0.0147. The molecular formula is C59H99O12P. The minimum atomic E-state index is -5.05. The van der Waals surface area contributed by atoms with Gasteiger partial charge >= 0.3 is 13.8 Å². The number of carbonyl (C=O) groups excluding carboxylic acids is 1. The molecule has 0 saturated heterocycles. The van der Waals surface area contributed by atoms with E-state index in [-0.39, 0.29) is 13.0 Å². The van der Waals surface area contributed by atoms with Crippen LogP contribution in [0.3, 0.4) is 0 Å². The number of hydrogen-bond donors (Lipinski definition) is 6. The summed E-state index contributed by atoms with van der Waals surface area (Å²) >= 11 is 0. The molecule has 0 radical (unpaired) electrons. The van der Waals surface area contributed by atoms with Crippen LogP contribution in [0.4, 0.5) is 0 Å². The number of esters is 1. The number of carbonyl (C=O) groups is 1. The lowest BCUT2D eigenvalue weighted by Gasteiger charge is -2.41. The number of allylic oxidation sites excluding steroid dienone is 18. The molecular weight excluding hydrogens is 932 g/mol. The largest absolute Gasteiger partial charge is 0.472 e. The van der Waals surface area contributed by atoms with Gasteiger partial charge in [0.2, 0.25) is 0 Å². The summed E-state index contributed by atoms with van der Waals surface area (Å²) in [5.74, 6) is -0.509. The van der Waals surface area contributed by atoms with E-state index >= 15 is 0 Å². The van der Waals surface area contributed by atoms with E-state index in [9.17, 15) is 39.8 Å². The minimum absolute atomic E-state index is 0.102. The number of unbranched alkanes of at least 4 members (excludes halogenated alkanes) is 16. The fourth-order valence-corrected chi connectivity index (χ4v) is 8.75. The summed E-state index contributed by atoms with van der Waals surface area (Å²) in [5, 5.41) is 50.4. The summed E-state index contributed by atoms with van der Waals surface area (Å²) in [6.07, 6.45) is 55.7. The molecule has 1 rings (SSSR count). The highest BCUT2D eigenvalue weighted by Gasteiger charge is 2.51. The van der Waals surface area contributed by atoms with Crippen molar-refractivity contribution in [2.75, 3.05) is 19.8 Å². The van der Waals surface area contributed by atoms with Gasteiger partial charge in [-0.2, -0.15) is 0 Å². The molecule has 412 valence electrons. The van der Waals surface area contributed by atoms with Gasteiger partial charge in [0.25, 0.3) is 0 Å². The second-order valence-corrected chi connectivity index (χ2v) is 20.1. The fraction of sp³-hybridized carbons (Fsp3) is 0.678. The van der Waals surface area contributed by atoms with Crippen molar-refractivity contribution in [2.24, 2.45) is 0 Å². The maximum atomic E-state index is 12.9. The maximum absolute atomic E-state index is 12.9. The van der Waals surface area contributed by atoms with E-state index in [1.54, 1.807) is 0 Å². The second kappa shape index (κ2) is 47.7. The second-order valence-electron chi connectivity index (χ2n) is 18.7. The summed E-state index contributed by atoms with van der Waals surface area (Å²) in [5.41, 5.74) is 0. The van der Waals surface area contributed by atoms with Gasteiger partial charge in [0.05, 0.1) is 13.2 Å². The lowest BCUT2D eigenvalue weighted by molar-refractivity contribution is -0.220. The fourth-order valence-electron chi connectivity index (χ4n) is 7.78. The van der Waals surface area contributed by atoms with Gasteiger partial charge in [-0.25, -0.2) is 4.57 Å². The van der Waals surface area contributed by atoms with Crippen LogP contribution >= 0.6 is 7.82 Å². The summed E-state index contributed by atoms with van der Waals surface area (Å²) in [4.78, 5) is 23.3. The van der Waals surface area contributed by atoms with Crippen LogP contribution in [0.5, 0.6) is 0 Å². The Morgan fingerprint density at radius 2 is 0.819 bits per heavy atom. The van der Waals surface area contributed by atoms with Gasteiger partial charge in [-0.1, -0.05) is 194 Å². The summed E-state index contributed by atoms with van der Waals surface area (Å²) in [7, 11) is -5.05. The number of hydrogen-bond acceptors (Lipinski definition) is 11. The van der Waals surface area contributed by atoms with Crippen LogP contribution in [0.1, 0.15) is 194 Å². The standard InChI is InChI=1S/C59H99O12P/c1-3-5-7-9-11-13-15-17-19-21-23-25-27-28-30-32-34-36-38-40-42-44-46-48-53(60)70-52(51-69-72(66,67)71-59-57(64)55(62)54(61)56(63)58(59)65)50-68-49-47-45-43-41-39-37-35-33-31-29-26-24-22-20-18-16-14-12-10-8-6-4-2/h5,7,11,13,16-19,22-25,28-31,34,36,52,54-59,61-65H,3-4,6,8-10,12,14-15,20-21,26-27,32-33,35,37-51H2,1-2H3,(H,66,67)/b7-5-,13-11-,18-16-,19-17-,24-22-,25-23-,30-28-,31-29-,36-34-. The van der Waals surface area contributed by atoms with Gasteiger partial charge < -0.3 is 39.9 Å². The molecule has 1 fully saturated rings. The van der Waals surface area contributed by atoms with E-state index in [1.807, 2.05) is 0 Å². The van der Waals surface area contributed by atoms with Crippen molar-refractivity contribution in [3.8, 4) is 0 Å². The van der Waals surface area contributed by atoms with E-state index in [0.717, 1.165) is 109 Å². The van der Waals surface area contributed by atoms with Crippen molar-refractivity contribution in [2.45, 2.75) is 236 Å². The monoisotopic (exact) mass is 1030 g/mol. The van der Waals surface area contributed by atoms with Crippen LogP contribution in [0, 0.1) is 0 Å². The Kier molecular flexibility index (Phi) is 44.4. The Balaban J connectivity index is 2.36. The van der Waals surface area contributed by atoms with E-state index < -0.39 is 63.1 Å². The predicted molar refractivity (Wildman–Crippen MR) is 294 cm³/mol. The summed E-state index contributed by atoms with van der Waals surface area (Å²) < 4.78 is 34.3. The van der Waals surface area contributed by atoms with Gasteiger partial charge in [-0.05, 0) is 103 Å². The van der Waals surface area contributed by atoms with E-state index in [0.29, 0.717) is 13.0 Å². The molecule has 6 unspecified atom stereocenters. The Bertz CT molecular complexity index is 1600. The Hall–Kier alpha value is -3.00. The average molecular weight is 1030 g/mol. The van der Waals surface area contributed by atoms with Crippen LogP contribution in [0.15, 0.2) is 109 Å². The molecule has 0 spiro atoms. The third-order valence-electron chi connectivity index (χ3n) is 12.1. The van der Waals surface area contributed by atoms with E-state index in [4.69, 9.17) is 18.5 Å². The highest BCUT2D eigenvalue weighted by atomic mass is 31.2. The minimum Gasteiger partial charge on any atom is -0.457 e. The van der Waals surface area contributed by atoms with Gasteiger partial charge in [-0.3, -0.25) is 13.8 Å². The molecule has 13 heteroatoms. The van der Waals surface area contributed by atoms with Crippen LogP contribution in [-0.4, -0.2) is 98.9 Å². The predicted octanol–water partition coefficient (Wildman–Crippen LogP) is 13.2. The third kappa shape index (κ3) is 38.6. The molecule has 6 atom stereocenters. The Morgan fingerprint density at radius 3 is 1.25 bits per heavy atom. The van der Waals surface area contributed by atoms with Crippen molar-refractivity contribution in [3.63, 3.8) is 0 Å². The van der Waals surface area contributed by atoms with Crippen molar-refractivity contribution in [3.05, 3.63) is 109 Å². The zero-order valence-corrected chi connectivity index (χ0v) is 45.3. The highest BCUT2D eigenvalue weighted by Crippen LogP contribution is 2.47. The first-order chi connectivity index (χ1) is 35.0. The first-order valence-corrected chi connectivity index (χ1v) is 29.2. The molecule has 0 heterocycles. The number of phosphoric acid groups is 1. The number of aliphatic hydroxyl groups excluding tert-OH is 5. The van der Waals surface area contributed by atoms with Gasteiger partial charge in [0.1, 0.15) is 42.7 Å². The van der Waals surface area contributed by atoms with Crippen molar-refractivity contribution >= 4 is 13.8 Å². The lowest BCUT2D eigenvalue weighted by Crippen LogP contribution is -2.64. The number of phosphoric ester groups is 1. The SMILES string of the molecule is CC/C=C\C/C=C\C/C=C\C/C=C\C/C=C\C/C=C\CCCCCCC(=O)OC(COCCCCCCCCC/C=C\C/C=C\C/C=C\CCCCCCC)COP(=O)(O)OC1C(O)C(O)C(O)C(O)C1O. The smallest absolute Gasteiger partial charge is 0.457 e. The topological polar surface area (TPSA) is 192 Å². The van der Waals surface area contributed by atoms with Gasteiger partial charge in [0, 0.05) is 13.0 Å². The molecule has 6 N–H and O–H groups in total. The lowest BCUT2D eigenvalue weighted by atomic mass is 9.85. The van der Waals surface area contributed by atoms with Crippen LogP contribution in [0.25, 0.3) is 0 Å². The van der Waals surface area contributed by atoms with Crippen LogP contribution in [0.2, 0.25) is 0 Å². The molecule has 72 heavy (non-hydrogen) atoms. The molecule has 1 aliphatic rings. The molecule has 0 bridgehead atoms. The normalized spacial score (nSPS) is 21.5. The van der Waals surface area contributed by atoms with E-state index in [1.165, 1.54) is 57.8 Å². The van der Waals surface area contributed by atoms with Crippen LogP contribution < -0.4 is 0 Å². The molecule has 0 aromatic carbocycles. The molecule has 1 saturated carbocycles. The van der Waals surface area contributed by atoms with E-state index in [2.05, 4.69) is 123 Å². The first kappa shape index (κ1) is 67.0. The van der Waals surface area contributed by atoms with Crippen molar-refractivity contribution in [1.29, 1.82) is 0 Å². The summed E-state index contributed by atoms with van der Waals surface area (Å²) in [6, 6.07) is 0. The Morgan fingerprint density at radius 1 is 0.458 bits per heavy atom.